The van der Waals surface area contributed by atoms with Crippen molar-refractivity contribution in [3.8, 4) is 6.01 Å². The monoisotopic (exact) mass is 520 g/mol. The number of H-pyrrole nitrogens is 1. The first kappa shape index (κ1) is 27.1. The molecule has 0 amide bonds. The van der Waals surface area contributed by atoms with Gasteiger partial charge in [0.15, 0.2) is 11.5 Å². The lowest BCUT2D eigenvalue weighted by Gasteiger charge is -2.17. The van der Waals surface area contributed by atoms with Gasteiger partial charge in [-0.25, -0.2) is 17.5 Å². The van der Waals surface area contributed by atoms with Crippen LogP contribution < -0.4 is 16.2 Å². The summed E-state index contributed by atoms with van der Waals surface area (Å²) in [4.78, 5) is 35.2. The third-order valence-corrected chi connectivity index (χ3v) is 7.50. The summed E-state index contributed by atoms with van der Waals surface area (Å²) in [6, 6.07) is 6.34. The molecular weight excluding hydrogens is 488 g/mol. The highest BCUT2D eigenvalue weighted by atomic mass is 32.2. The smallest absolute Gasteiger partial charge is 0.327 e. The van der Waals surface area contributed by atoms with Crippen LogP contribution in [0.5, 0.6) is 6.01 Å². The zero-order chi connectivity index (χ0) is 26.3. The number of imidazole rings is 1. The topological polar surface area (TPSA) is 162 Å². The zero-order valence-corrected chi connectivity index (χ0v) is 21.5. The molecule has 0 aliphatic heterocycles. The van der Waals surface area contributed by atoms with Crippen LogP contribution in [0.3, 0.4) is 0 Å². The van der Waals surface area contributed by atoms with Gasteiger partial charge in [0.05, 0.1) is 25.0 Å². The van der Waals surface area contributed by atoms with E-state index >= 15 is 0 Å². The summed E-state index contributed by atoms with van der Waals surface area (Å²) in [5.74, 6) is -0.320. The summed E-state index contributed by atoms with van der Waals surface area (Å²) in [5, 5.41) is 0. The van der Waals surface area contributed by atoms with E-state index in [4.69, 9.17) is 10.5 Å². The van der Waals surface area contributed by atoms with Crippen LogP contribution in [0.1, 0.15) is 38.2 Å². The minimum atomic E-state index is -3.75. The van der Waals surface area contributed by atoms with Crippen LogP contribution >= 0.6 is 0 Å². The second kappa shape index (κ2) is 12.0. The molecule has 0 unspecified atom stereocenters. The van der Waals surface area contributed by atoms with E-state index in [2.05, 4.69) is 19.7 Å². The molecule has 3 N–H and O–H groups in total. The van der Waals surface area contributed by atoms with Crippen LogP contribution in [-0.2, 0) is 32.5 Å². The normalized spacial score (nSPS) is 11.8. The fourth-order valence-corrected chi connectivity index (χ4v) is 4.85. The van der Waals surface area contributed by atoms with Gasteiger partial charge >= 0.3 is 17.7 Å². The molecule has 3 aromatic rings. The van der Waals surface area contributed by atoms with Gasteiger partial charge in [-0.3, -0.25) is 9.36 Å². The predicted molar refractivity (Wildman–Crippen MR) is 134 cm³/mol. The first-order valence-electron chi connectivity index (χ1n) is 11.7. The maximum Gasteiger partial charge on any atom is 0.327 e. The molecule has 0 saturated heterocycles. The van der Waals surface area contributed by atoms with Crippen molar-refractivity contribution in [2.24, 2.45) is 0 Å². The number of nitrogens with two attached hydrogens (primary N) is 1. The fraction of sp³-hybridized carbons (Fsp3) is 0.478. The van der Waals surface area contributed by atoms with Crippen LogP contribution in [0.15, 0.2) is 34.0 Å². The highest BCUT2D eigenvalue weighted by Gasteiger charge is 2.21. The third kappa shape index (κ3) is 6.40. The number of nitrogens with zero attached hydrogens (tertiary/aromatic N) is 4. The molecule has 196 valence electrons. The van der Waals surface area contributed by atoms with Gasteiger partial charge in [0.25, 0.3) is 0 Å². The van der Waals surface area contributed by atoms with Crippen molar-refractivity contribution in [3.05, 3.63) is 40.3 Å². The summed E-state index contributed by atoms with van der Waals surface area (Å²) in [5.41, 5.74) is 6.84. The summed E-state index contributed by atoms with van der Waals surface area (Å²) in [6.45, 7) is 3.04. The molecule has 36 heavy (non-hydrogen) atoms. The lowest BCUT2D eigenvalue weighted by atomic mass is 10.1. The molecule has 13 heteroatoms. The number of hydrogen-bond donors (Lipinski definition) is 2. The number of carbonyl (C=O) groups is 1. The first-order valence-corrected chi connectivity index (χ1v) is 13.1. The second-order valence-electron chi connectivity index (χ2n) is 8.31. The Morgan fingerprint density at radius 3 is 2.72 bits per heavy atom. The number of ether oxygens (including phenoxy) is 2. The van der Waals surface area contributed by atoms with Crippen LogP contribution in [0.4, 0.5) is 5.82 Å². The van der Waals surface area contributed by atoms with Crippen molar-refractivity contribution in [3.63, 3.8) is 0 Å². The minimum Gasteiger partial charge on any atom is -0.469 e. The summed E-state index contributed by atoms with van der Waals surface area (Å²) in [6.07, 6.45) is 2.80. The molecule has 0 atom stereocenters. The molecule has 2 aromatic heterocycles. The van der Waals surface area contributed by atoms with Gasteiger partial charge in [0.2, 0.25) is 10.0 Å². The SMILES string of the molecule is CCCCOc1nc(N)c2[nH]c(=O)n(CCCCN(C)S(=O)(=O)c3cccc(CC(=O)OC)c3)c2n1. The average Bonchev–Trinajstić information content (AvgIpc) is 3.17. The van der Waals surface area contributed by atoms with Gasteiger partial charge in [0.1, 0.15) is 5.52 Å². The van der Waals surface area contributed by atoms with E-state index in [0.29, 0.717) is 42.7 Å². The Morgan fingerprint density at radius 2 is 2.00 bits per heavy atom. The van der Waals surface area contributed by atoms with Crippen LogP contribution in [0.25, 0.3) is 11.2 Å². The van der Waals surface area contributed by atoms with E-state index < -0.39 is 16.0 Å². The number of methoxy groups -OCH3 is 1. The number of fused-ring (bicyclic) bond motifs is 1. The van der Waals surface area contributed by atoms with Gasteiger partial charge in [0, 0.05) is 20.1 Å². The highest BCUT2D eigenvalue weighted by Crippen LogP contribution is 2.19. The Kier molecular flexibility index (Phi) is 9.04. The molecule has 0 spiro atoms. The average molecular weight is 521 g/mol. The number of benzene rings is 1. The maximum atomic E-state index is 13.0. The maximum absolute atomic E-state index is 13.0. The lowest BCUT2D eigenvalue weighted by Crippen LogP contribution is -2.28. The van der Waals surface area contributed by atoms with E-state index in [1.54, 1.807) is 12.1 Å². The van der Waals surface area contributed by atoms with E-state index in [-0.39, 0.29) is 35.4 Å². The van der Waals surface area contributed by atoms with Crippen molar-refractivity contribution >= 4 is 33.0 Å². The van der Waals surface area contributed by atoms with E-state index in [1.165, 1.54) is 35.2 Å². The molecule has 0 radical (unpaired) electrons. The molecular formula is C23H32N6O6S. The Labute approximate surface area is 209 Å². The van der Waals surface area contributed by atoms with Crippen LogP contribution in [-0.4, -0.2) is 65.5 Å². The molecule has 0 saturated carbocycles. The summed E-state index contributed by atoms with van der Waals surface area (Å²) < 4.78 is 38.8. The number of carbonyl (C=O) groups excluding carboxylic acids is 1. The molecule has 0 fully saturated rings. The highest BCUT2D eigenvalue weighted by molar-refractivity contribution is 7.89. The number of aryl methyl sites for hydroxylation is 1. The standard InChI is InChI=1S/C23H32N6O6S/c1-4-5-13-35-22-26-20(24)19-21(27-22)29(23(31)25-19)12-7-6-11-28(2)36(32,33)17-10-8-9-16(14-17)15-18(30)34-3/h8-10,14H,4-7,11-13,15H2,1-3H3,(H,25,31)(H2,24,26,27). The first-order chi connectivity index (χ1) is 17.2. The van der Waals surface area contributed by atoms with Crippen molar-refractivity contribution in [1.82, 2.24) is 23.8 Å². The quantitative estimate of drug-likeness (QED) is 0.252. The number of nitrogen functional groups attached to an aromatic ring is 1. The Balaban J connectivity index is 1.64. The van der Waals surface area contributed by atoms with Crippen molar-refractivity contribution in [1.29, 1.82) is 0 Å². The number of hydrogen-bond acceptors (Lipinski definition) is 9. The second-order valence-corrected chi connectivity index (χ2v) is 10.4. The number of aromatic amines is 1. The molecule has 0 bridgehead atoms. The fourth-order valence-electron chi connectivity index (χ4n) is 3.57. The molecule has 0 aliphatic carbocycles. The number of aromatic nitrogens is 4. The van der Waals surface area contributed by atoms with E-state index in [1.807, 2.05) is 6.92 Å². The number of anilines is 1. The van der Waals surface area contributed by atoms with E-state index in [0.717, 1.165) is 12.8 Å². The summed E-state index contributed by atoms with van der Waals surface area (Å²) >= 11 is 0. The van der Waals surface area contributed by atoms with Gasteiger partial charge in [-0.1, -0.05) is 25.5 Å². The van der Waals surface area contributed by atoms with Gasteiger partial charge in [-0.15, -0.1) is 0 Å². The van der Waals surface area contributed by atoms with Crippen molar-refractivity contribution < 1.29 is 22.7 Å². The third-order valence-electron chi connectivity index (χ3n) is 5.65. The van der Waals surface area contributed by atoms with Crippen molar-refractivity contribution in [2.45, 2.75) is 50.5 Å². The number of sulfonamides is 1. The Hall–Kier alpha value is -3.45. The molecule has 12 nitrogen and oxygen atoms in total. The van der Waals surface area contributed by atoms with Crippen LogP contribution in [0, 0.1) is 0 Å². The number of esters is 1. The van der Waals surface area contributed by atoms with Crippen LogP contribution in [0.2, 0.25) is 0 Å². The van der Waals surface area contributed by atoms with Gasteiger partial charge in [-0.05, 0) is 37.0 Å². The number of unbranched alkanes of at least 4 members (excludes halogenated alkanes) is 2. The Morgan fingerprint density at radius 1 is 1.22 bits per heavy atom. The summed E-state index contributed by atoms with van der Waals surface area (Å²) in [7, 11) is -0.976. The number of rotatable bonds is 13. The largest absolute Gasteiger partial charge is 0.469 e. The molecule has 0 aliphatic rings. The van der Waals surface area contributed by atoms with Gasteiger partial charge < -0.3 is 20.2 Å². The predicted octanol–water partition coefficient (Wildman–Crippen LogP) is 1.70. The van der Waals surface area contributed by atoms with E-state index in [9.17, 15) is 18.0 Å². The number of nitrogens with one attached hydrogen (secondary N) is 1. The molecule has 1 aromatic carbocycles. The van der Waals surface area contributed by atoms with Gasteiger partial charge in [-0.2, -0.15) is 9.97 Å². The van der Waals surface area contributed by atoms with Crippen molar-refractivity contribution in [2.75, 3.05) is 33.0 Å². The lowest BCUT2D eigenvalue weighted by molar-refractivity contribution is -0.139. The molecule has 3 rings (SSSR count). The Bertz CT molecular complexity index is 1370. The zero-order valence-electron chi connectivity index (χ0n) is 20.7. The minimum absolute atomic E-state index is 0.0115. The molecule has 2 heterocycles.